The van der Waals surface area contributed by atoms with Gasteiger partial charge in [0.05, 0.1) is 5.39 Å². The molecule has 1 aromatic carbocycles. The summed E-state index contributed by atoms with van der Waals surface area (Å²) in [5.74, 6) is 0.903. The Morgan fingerprint density at radius 3 is 2.69 bits per heavy atom. The number of carbonyl (C=O) groups excluding carboxylic acids is 1. The SMILES string of the molecule is O=C(CO)NC1CCC(CCN2CCN(c3noc4ccc(F)cc34)CC2)CC1. The molecule has 0 unspecified atom stereocenters. The molecule has 158 valence electrons. The van der Waals surface area contributed by atoms with Crippen LogP contribution in [0.2, 0.25) is 0 Å². The van der Waals surface area contributed by atoms with Gasteiger partial charge < -0.3 is 19.8 Å². The minimum Gasteiger partial charge on any atom is -0.387 e. The molecule has 1 saturated heterocycles. The Morgan fingerprint density at radius 1 is 1.21 bits per heavy atom. The molecule has 4 rings (SSSR count). The molecular weight excluding hydrogens is 375 g/mol. The molecular formula is C21H29FN4O3. The lowest BCUT2D eigenvalue weighted by Crippen LogP contribution is -2.47. The number of halogens is 1. The molecule has 0 radical (unpaired) electrons. The molecule has 29 heavy (non-hydrogen) atoms. The lowest BCUT2D eigenvalue weighted by molar-refractivity contribution is -0.124. The van der Waals surface area contributed by atoms with Gasteiger partial charge >= 0.3 is 0 Å². The van der Waals surface area contributed by atoms with Crippen LogP contribution in [0.3, 0.4) is 0 Å². The quantitative estimate of drug-likeness (QED) is 0.768. The standard InChI is InChI=1S/C21H29FN4O3/c22-16-3-6-19-18(13-16)21(24-29-19)26-11-9-25(10-12-26)8-7-15-1-4-17(5-2-15)23-20(28)14-27/h3,6,13,15,17,27H,1-2,4-5,7-12,14H2,(H,23,28). The van der Waals surface area contributed by atoms with Crippen LogP contribution in [0, 0.1) is 11.7 Å². The van der Waals surface area contributed by atoms with Crippen LogP contribution in [0.5, 0.6) is 0 Å². The molecule has 1 saturated carbocycles. The number of nitrogens with one attached hydrogen (secondary N) is 1. The van der Waals surface area contributed by atoms with Gasteiger partial charge in [0, 0.05) is 32.2 Å². The second-order valence-electron chi connectivity index (χ2n) is 8.21. The third-order valence-electron chi connectivity index (χ3n) is 6.29. The van der Waals surface area contributed by atoms with E-state index in [1.54, 1.807) is 6.07 Å². The van der Waals surface area contributed by atoms with E-state index in [9.17, 15) is 9.18 Å². The second-order valence-corrected chi connectivity index (χ2v) is 8.21. The fourth-order valence-electron chi connectivity index (χ4n) is 4.54. The van der Waals surface area contributed by atoms with Gasteiger partial charge in [-0.2, -0.15) is 0 Å². The first-order chi connectivity index (χ1) is 14.1. The molecule has 1 aromatic heterocycles. The average Bonchev–Trinajstić information content (AvgIpc) is 3.16. The van der Waals surface area contributed by atoms with Gasteiger partial charge in [-0.1, -0.05) is 5.16 Å². The molecule has 1 aliphatic heterocycles. The van der Waals surface area contributed by atoms with E-state index in [-0.39, 0.29) is 17.8 Å². The number of hydrogen-bond acceptors (Lipinski definition) is 6. The largest absolute Gasteiger partial charge is 0.387 e. The molecule has 2 aliphatic rings. The van der Waals surface area contributed by atoms with E-state index in [4.69, 9.17) is 9.63 Å². The van der Waals surface area contributed by atoms with Gasteiger partial charge in [-0.3, -0.25) is 9.69 Å². The second kappa shape index (κ2) is 9.09. The summed E-state index contributed by atoms with van der Waals surface area (Å²) in [6, 6.07) is 4.73. The third-order valence-corrected chi connectivity index (χ3v) is 6.29. The van der Waals surface area contributed by atoms with Crippen molar-refractivity contribution in [1.29, 1.82) is 0 Å². The minimum absolute atomic E-state index is 0.219. The Hall–Kier alpha value is -2.19. The van der Waals surface area contributed by atoms with E-state index in [1.807, 2.05) is 0 Å². The van der Waals surface area contributed by atoms with Gasteiger partial charge in [-0.25, -0.2) is 4.39 Å². The van der Waals surface area contributed by atoms with Crippen molar-refractivity contribution in [1.82, 2.24) is 15.4 Å². The first kappa shape index (κ1) is 20.1. The predicted molar refractivity (Wildman–Crippen MR) is 108 cm³/mol. The van der Waals surface area contributed by atoms with E-state index in [2.05, 4.69) is 20.3 Å². The van der Waals surface area contributed by atoms with Crippen LogP contribution in [0.1, 0.15) is 32.1 Å². The number of amides is 1. The number of fused-ring (bicyclic) bond motifs is 1. The molecule has 8 heteroatoms. The number of hydrogen-bond donors (Lipinski definition) is 2. The smallest absolute Gasteiger partial charge is 0.245 e. The summed E-state index contributed by atoms with van der Waals surface area (Å²) in [7, 11) is 0. The van der Waals surface area contributed by atoms with Crippen molar-refractivity contribution in [2.75, 3.05) is 44.2 Å². The fraction of sp³-hybridized carbons (Fsp3) is 0.619. The number of aliphatic hydroxyl groups is 1. The molecule has 7 nitrogen and oxygen atoms in total. The van der Waals surface area contributed by atoms with E-state index in [0.717, 1.165) is 69.6 Å². The van der Waals surface area contributed by atoms with E-state index in [1.165, 1.54) is 18.6 Å². The molecule has 1 amide bonds. The Kier molecular flexibility index (Phi) is 6.30. The number of rotatable bonds is 6. The van der Waals surface area contributed by atoms with Crippen LogP contribution in [0.25, 0.3) is 11.0 Å². The minimum atomic E-state index is -0.426. The van der Waals surface area contributed by atoms with Gasteiger partial charge in [0.15, 0.2) is 11.4 Å². The molecule has 0 bridgehead atoms. The summed E-state index contributed by atoms with van der Waals surface area (Å²) < 4.78 is 18.9. The highest BCUT2D eigenvalue weighted by Gasteiger charge is 2.25. The van der Waals surface area contributed by atoms with Crippen molar-refractivity contribution in [2.45, 2.75) is 38.1 Å². The summed E-state index contributed by atoms with van der Waals surface area (Å²) in [6.07, 6.45) is 5.44. The number of anilines is 1. The molecule has 2 aromatic rings. The van der Waals surface area contributed by atoms with E-state index < -0.39 is 6.61 Å². The highest BCUT2D eigenvalue weighted by Crippen LogP contribution is 2.29. The average molecular weight is 404 g/mol. The van der Waals surface area contributed by atoms with Gasteiger partial charge in [-0.15, -0.1) is 0 Å². The topological polar surface area (TPSA) is 81.8 Å². The number of aliphatic hydroxyl groups excluding tert-OH is 1. The number of piperazine rings is 1. The Bertz CT molecular complexity index is 826. The zero-order valence-corrected chi connectivity index (χ0v) is 16.6. The van der Waals surface area contributed by atoms with Crippen molar-refractivity contribution < 1.29 is 18.8 Å². The number of benzene rings is 1. The molecule has 2 N–H and O–H groups in total. The molecule has 0 spiro atoms. The van der Waals surface area contributed by atoms with Gasteiger partial charge in [0.2, 0.25) is 5.91 Å². The summed E-state index contributed by atoms with van der Waals surface area (Å²) in [5.41, 5.74) is 0.620. The highest BCUT2D eigenvalue weighted by atomic mass is 19.1. The van der Waals surface area contributed by atoms with Gasteiger partial charge in [0.25, 0.3) is 0 Å². The molecule has 2 heterocycles. The lowest BCUT2D eigenvalue weighted by atomic mass is 9.84. The zero-order valence-electron chi connectivity index (χ0n) is 16.6. The highest BCUT2D eigenvalue weighted by molar-refractivity contribution is 5.88. The Labute approximate surface area is 169 Å². The summed E-state index contributed by atoms with van der Waals surface area (Å²) in [4.78, 5) is 16.0. The molecule has 0 atom stereocenters. The van der Waals surface area contributed by atoms with Crippen LogP contribution in [0.15, 0.2) is 22.7 Å². The lowest BCUT2D eigenvalue weighted by Gasteiger charge is -2.36. The maximum atomic E-state index is 13.6. The number of nitrogens with zero attached hydrogens (tertiary/aromatic N) is 3. The first-order valence-electron chi connectivity index (χ1n) is 10.5. The van der Waals surface area contributed by atoms with Crippen molar-refractivity contribution in [3.05, 3.63) is 24.0 Å². The summed E-state index contributed by atoms with van der Waals surface area (Å²) in [6.45, 7) is 4.30. The first-order valence-corrected chi connectivity index (χ1v) is 10.5. The Balaban J connectivity index is 1.21. The summed E-state index contributed by atoms with van der Waals surface area (Å²) >= 11 is 0. The van der Waals surface area contributed by atoms with Crippen molar-refractivity contribution >= 4 is 22.7 Å². The zero-order chi connectivity index (χ0) is 20.2. The van der Waals surface area contributed by atoms with Crippen LogP contribution >= 0.6 is 0 Å². The maximum absolute atomic E-state index is 13.6. The van der Waals surface area contributed by atoms with Crippen LogP contribution in [-0.2, 0) is 4.79 Å². The van der Waals surface area contributed by atoms with Crippen molar-refractivity contribution in [3.63, 3.8) is 0 Å². The monoisotopic (exact) mass is 404 g/mol. The van der Waals surface area contributed by atoms with Gasteiger partial charge in [-0.05, 0) is 62.8 Å². The molecule has 2 fully saturated rings. The summed E-state index contributed by atoms with van der Waals surface area (Å²) in [5, 5.41) is 16.6. The number of carbonyl (C=O) groups is 1. The van der Waals surface area contributed by atoms with Gasteiger partial charge in [0.1, 0.15) is 12.4 Å². The van der Waals surface area contributed by atoms with E-state index in [0.29, 0.717) is 11.5 Å². The van der Waals surface area contributed by atoms with Crippen LogP contribution in [-0.4, -0.2) is 66.4 Å². The predicted octanol–water partition coefficient (Wildman–Crippen LogP) is 2.15. The van der Waals surface area contributed by atoms with E-state index >= 15 is 0 Å². The number of aromatic nitrogens is 1. The Morgan fingerprint density at radius 2 is 1.97 bits per heavy atom. The van der Waals surface area contributed by atoms with Crippen LogP contribution < -0.4 is 10.2 Å². The van der Waals surface area contributed by atoms with Crippen LogP contribution in [0.4, 0.5) is 10.2 Å². The fourth-order valence-corrected chi connectivity index (χ4v) is 4.54. The maximum Gasteiger partial charge on any atom is 0.245 e. The van der Waals surface area contributed by atoms with Crippen molar-refractivity contribution in [2.24, 2.45) is 5.92 Å². The van der Waals surface area contributed by atoms with Crippen molar-refractivity contribution in [3.8, 4) is 0 Å². The normalized spacial score (nSPS) is 23.4. The molecule has 1 aliphatic carbocycles. The third kappa shape index (κ3) is 4.87.